The Kier molecular flexibility index (Phi) is 9.13. The van der Waals surface area contributed by atoms with Gasteiger partial charge in [-0.25, -0.2) is 4.39 Å². The summed E-state index contributed by atoms with van der Waals surface area (Å²) < 4.78 is 13.1. The molecule has 0 aromatic heterocycles. The predicted octanol–water partition coefficient (Wildman–Crippen LogP) is 4.18. The number of unbranched alkanes of at least 4 members (excludes halogenated alkanes) is 2. The van der Waals surface area contributed by atoms with Crippen molar-refractivity contribution in [3.05, 3.63) is 47.9 Å². The summed E-state index contributed by atoms with van der Waals surface area (Å²) in [5.74, 6) is -0.188. The first kappa shape index (κ1) is 26.3. The van der Waals surface area contributed by atoms with Gasteiger partial charge in [-0.15, -0.1) is 0 Å². The van der Waals surface area contributed by atoms with E-state index in [0.717, 1.165) is 71.2 Å². The van der Waals surface area contributed by atoms with Crippen LogP contribution in [-0.4, -0.2) is 82.6 Å². The lowest BCUT2D eigenvalue weighted by Gasteiger charge is -2.32. The van der Waals surface area contributed by atoms with E-state index >= 15 is 0 Å². The third kappa shape index (κ3) is 6.14. The molecule has 1 aromatic rings. The molecule has 1 amide bonds. The fourth-order valence-corrected chi connectivity index (χ4v) is 5.71. The minimum atomic E-state index is -0.319. The van der Waals surface area contributed by atoms with E-state index in [0.29, 0.717) is 24.2 Å². The first-order valence-electron chi connectivity index (χ1n) is 13.5. The Morgan fingerprint density at radius 3 is 2.47 bits per heavy atom. The van der Waals surface area contributed by atoms with Gasteiger partial charge in [-0.3, -0.25) is 9.59 Å². The molecule has 0 aliphatic carbocycles. The number of amides is 1. The molecule has 3 heterocycles. The molecule has 3 aliphatic rings. The Hall–Kier alpha value is -2.74. The SMILES string of the molecule is CCCCN1CC/C(=N/O)C2C=CN(CCCCN3CCC(C(=O)c4ccc(F)cc4)CC3)C2C1=O. The molecule has 2 unspecified atom stereocenters. The van der Waals surface area contributed by atoms with Crippen molar-refractivity contribution in [3.8, 4) is 0 Å². The number of piperidine rings is 1. The summed E-state index contributed by atoms with van der Waals surface area (Å²) in [6.07, 6.45) is 10.3. The van der Waals surface area contributed by atoms with Gasteiger partial charge in [-0.05, 0) is 82.2 Å². The Balaban J connectivity index is 1.22. The highest BCUT2D eigenvalue weighted by Crippen LogP contribution is 2.29. The van der Waals surface area contributed by atoms with Gasteiger partial charge in [0.2, 0.25) is 5.91 Å². The van der Waals surface area contributed by atoms with Crippen molar-refractivity contribution in [2.45, 2.75) is 57.9 Å². The molecule has 1 aromatic carbocycles. The van der Waals surface area contributed by atoms with Gasteiger partial charge < -0.3 is 19.9 Å². The maximum Gasteiger partial charge on any atom is 0.246 e. The average molecular weight is 499 g/mol. The third-order valence-electron chi connectivity index (χ3n) is 7.91. The number of hydrogen-bond acceptors (Lipinski definition) is 6. The van der Waals surface area contributed by atoms with Crippen LogP contribution in [0.1, 0.15) is 62.2 Å². The van der Waals surface area contributed by atoms with Crippen LogP contribution in [0.25, 0.3) is 0 Å². The molecule has 0 bridgehead atoms. The second-order valence-electron chi connectivity index (χ2n) is 10.3. The molecule has 2 atom stereocenters. The summed E-state index contributed by atoms with van der Waals surface area (Å²) in [5, 5.41) is 13.1. The first-order valence-corrected chi connectivity index (χ1v) is 13.5. The van der Waals surface area contributed by atoms with Crippen LogP contribution >= 0.6 is 0 Å². The fourth-order valence-electron chi connectivity index (χ4n) is 5.71. The molecule has 0 radical (unpaired) electrons. The number of ketones is 1. The zero-order valence-electron chi connectivity index (χ0n) is 21.3. The molecule has 4 rings (SSSR count). The lowest BCUT2D eigenvalue weighted by atomic mass is 9.89. The number of fused-ring (bicyclic) bond motifs is 1. The highest BCUT2D eigenvalue weighted by molar-refractivity contribution is 5.98. The molecule has 1 N–H and O–H groups in total. The molecule has 7 nitrogen and oxygen atoms in total. The van der Waals surface area contributed by atoms with Gasteiger partial charge in [0.15, 0.2) is 5.78 Å². The summed E-state index contributed by atoms with van der Waals surface area (Å²) >= 11 is 0. The van der Waals surface area contributed by atoms with Gasteiger partial charge in [0, 0.05) is 43.5 Å². The summed E-state index contributed by atoms with van der Waals surface area (Å²) in [6.45, 7) is 7.06. The van der Waals surface area contributed by atoms with Crippen molar-refractivity contribution < 1.29 is 19.2 Å². The fraction of sp³-hybridized carbons (Fsp3) is 0.607. The molecule has 2 fully saturated rings. The quantitative estimate of drug-likeness (QED) is 0.227. The van der Waals surface area contributed by atoms with Crippen molar-refractivity contribution in [1.82, 2.24) is 14.7 Å². The van der Waals surface area contributed by atoms with Crippen LogP contribution in [0.2, 0.25) is 0 Å². The molecular weight excluding hydrogens is 459 g/mol. The summed E-state index contributed by atoms with van der Waals surface area (Å²) in [4.78, 5) is 32.5. The van der Waals surface area contributed by atoms with Crippen LogP contribution in [0.3, 0.4) is 0 Å². The van der Waals surface area contributed by atoms with E-state index in [1.54, 1.807) is 12.1 Å². The van der Waals surface area contributed by atoms with Crippen molar-refractivity contribution >= 4 is 17.4 Å². The van der Waals surface area contributed by atoms with E-state index < -0.39 is 0 Å². The number of rotatable bonds is 10. The van der Waals surface area contributed by atoms with Gasteiger partial charge in [0.05, 0.1) is 5.71 Å². The summed E-state index contributed by atoms with van der Waals surface area (Å²) in [7, 11) is 0. The highest BCUT2D eigenvalue weighted by Gasteiger charge is 2.42. The molecule has 36 heavy (non-hydrogen) atoms. The standard InChI is InChI=1S/C28H39FN4O3/c1-2-3-15-33-20-13-25(30-36)24-12-19-32(26(24)28(33)35)16-5-4-14-31-17-10-22(11-18-31)27(34)21-6-8-23(29)9-7-21/h6-9,12,19,22,24,26,36H,2-5,10-11,13-18,20H2,1H3/b30-25-. The van der Waals surface area contributed by atoms with Crippen molar-refractivity contribution in [2.24, 2.45) is 17.0 Å². The minimum absolute atomic E-state index is 0.0117. The van der Waals surface area contributed by atoms with Gasteiger partial charge >= 0.3 is 0 Å². The number of likely N-dealkylation sites (tertiary alicyclic amines) is 2. The Morgan fingerprint density at radius 2 is 1.78 bits per heavy atom. The van der Waals surface area contributed by atoms with Crippen LogP contribution in [-0.2, 0) is 4.79 Å². The number of benzene rings is 1. The first-order chi connectivity index (χ1) is 17.5. The number of nitrogens with zero attached hydrogens (tertiary/aromatic N) is 4. The van der Waals surface area contributed by atoms with Crippen LogP contribution in [0.5, 0.6) is 0 Å². The Bertz CT molecular complexity index is 956. The van der Waals surface area contributed by atoms with Gasteiger partial charge in [0.25, 0.3) is 0 Å². The zero-order valence-corrected chi connectivity index (χ0v) is 21.3. The van der Waals surface area contributed by atoms with E-state index in [2.05, 4.69) is 21.9 Å². The second kappa shape index (κ2) is 12.5. The normalized spacial score (nSPS) is 24.4. The van der Waals surface area contributed by atoms with Gasteiger partial charge in [-0.1, -0.05) is 24.6 Å². The van der Waals surface area contributed by atoms with Crippen molar-refractivity contribution in [2.75, 3.05) is 39.3 Å². The molecule has 0 saturated carbocycles. The second-order valence-corrected chi connectivity index (χ2v) is 10.3. The lowest BCUT2D eigenvalue weighted by molar-refractivity contribution is -0.135. The molecule has 2 saturated heterocycles. The third-order valence-corrected chi connectivity index (χ3v) is 7.91. The van der Waals surface area contributed by atoms with Gasteiger partial charge in [-0.2, -0.15) is 0 Å². The molecule has 0 spiro atoms. The van der Waals surface area contributed by atoms with Crippen molar-refractivity contribution in [1.29, 1.82) is 0 Å². The average Bonchev–Trinajstić information content (AvgIpc) is 3.26. The number of halogens is 1. The molecule has 8 heteroatoms. The smallest absolute Gasteiger partial charge is 0.246 e. The Morgan fingerprint density at radius 1 is 1.06 bits per heavy atom. The van der Waals surface area contributed by atoms with E-state index in [1.807, 2.05) is 17.2 Å². The maximum absolute atomic E-state index is 13.3. The maximum atomic E-state index is 13.3. The zero-order chi connectivity index (χ0) is 25.5. The van der Waals surface area contributed by atoms with E-state index in [1.165, 1.54) is 12.1 Å². The number of Topliss-reactive ketones (excluding diaryl/α,β-unsaturated/α-hetero) is 1. The molecule has 196 valence electrons. The largest absolute Gasteiger partial charge is 0.411 e. The molecule has 3 aliphatic heterocycles. The van der Waals surface area contributed by atoms with Crippen LogP contribution in [0, 0.1) is 17.7 Å². The van der Waals surface area contributed by atoms with Gasteiger partial charge in [0.1, 0.15) is 11.9 Å². The summed E-state index contributed by atoms with van der Waals surface area (Å²) in [6, 6.07) is 5.56. The van der Waals surface area contributed by atoms with Crippen LogP contribution < -0.4 is 0 Å². The number of oxime groups is 1. The molecular formula is C28H39FN4O3. The Labute approximate surface area is 213 Å². The van der Waals surface area contributed by atoms with E-state index in [-0.39, 0.29) is 35.4 Å². The van der Waals surface area contributed by atoms with Crippen LogP contribution in [0.15, 0.2) is 41.7 Å². The van der Waals surface area contributed by atoms with Crippen molar-refractivity contribution in [3.63, 3.8) is 0 Å². The topological polar surface area (TPSA) is 76.5 Å². The highest BCUT2D eigenvalue weighted by atomic mass is 19.1. The predicted molar refractivity (Wildman–Crippen MR) is 138 cm³/mol. The number of carbonyl (C=O) groups excluding carboxylic acids is 2. The lowest BCUT2D eigenvalue weighted by Crippen LogP contribution is -2.47. The number of hydrogen-bond donors (Lipinski definition) is 1. The van der Waals surface area contributed by atoms with E-state index in [4.69, 9.17) is 0 Å². The minimum Gasteiger partial charge on any atom is -0.411 e. The van der Waals surface area contributed by atoms with Crippen LogP contribution in [0.4, 0.5) is 4.39 Å². The van der Waals surface area contributed by atoms with E-state index in [9.17, 15) is 19.2 Å². The summed E-state index contributed by atoms with van der Waals surface area (Å²) in [5.41, 5.74) is 1.30. The monoisotopic (exact) mass is 498 g/mol. The number of carbonyl (C=O) groups is 2.